The summed E-state index contributed by atoms with van der Waals surface area (Å²) < 4.78 is 1.01. The fourth-order valence-corrected chi connectivity index (χ4v) is 2.48. The first-order chi connectivity index (χ1) is 8.29. The van der Waals surface area contributed by atoms with E-state index in [9.17, 15) is 0 Å². The van der Waals surface area contributed by atoms with Gasteiger partial charge in [-0.15, -0.1) is 0 Å². The molecule has 4 heteroatoms. The number of benzene rings is 1. The predicted octanol–water partition coefficient (Wildman–Crippen LogP) is 2.87. The maximum Gasteiger partial charge on any atom is 0.101 e. The van der Waals surface area contributed by atoms with Crippen molar-refractivity contribution < 1.29 is 0 Å². The van der Waals surface area contributed by atoms with Crippen LogP contribution in [0.4, 0.5) is 5.69 Å². The highest BCUT2D eigenvalue weighted by atomic mass is 79.9. The zero-order valence-electron chi connectivity index (χ0n) is 9.67. The van der Waals surface area contributed by atoms with E-state index in [0.717, 1.165) is 36.1 Å². The van der Waals surface area contributed by atoms with Crippen molar-refractivity contribution in [1.29, 1.82) is 5.26 Å². The molecule has 2 N–H and O–H groups in total. The van der Waals surface area contributed by atoms with Crippen molar-refractivity contribution in [3.8, 4) is 6.07 Å². The van der Waals surface area contributed by atoms with Gasteiger partial charge in [0, 0.05) is 10.5 Å². The Kier molecular flexibility index (Phi) is 4.41. The molecular formula is C13H16BrN3. The second-order valence-corrected chi connectivity index (χ2v) is 5.24. The van der Waals surface area contributed by atoms with Gasteiger partial charge in [0.2, 0.25) is 0 Å². The summed E-state index contributed by atoms with van der Waals surface area (Å²) in [4.78, 5) is 0. The fourth-order valence-electron chi connectivity index (χ4n) is 2.12. The number of nitrogens with one attached hydrogen (secondary N) is 2. The van der Waals surface area contributed by atoms with Crippen molar-refractivity contribution in [3.05, 3.63) is 28.2 Å². The van der Waals surface area contributed by atoms with Crippen LogP contribution < -0.4 is 10.6 Å². The summed E-state index contributed by atoms with van der Waals surface area (Å²) in [6.45, 7) is 2.15. The third-order valence-electron chi connectivity index (χ3n) is 3.04. The van der Waals surface area contributed by atoms with Gasteiger partial charge < -0.3 is 10.6 Å². The molecule has 1 aromatic carbocycles. The van der Waals surface area contributed by atoms with E-state index in [4.69, 9.17) is 5.26 Å². The van der Waals surface area contributed by atoms with Crippen molar-refractivity contribution in [2.24, 2.45) is 0 Å². The van der Waals surface area contributed by atoms with Crippen molar-refractivity contribution in [2.75, 3.05) is 18.4 Å². The first kappa shape index (κ1) is 12.4. The maximum atomic E-state index is 9.08. The lowest BCUT2D eigenvalue weighted by atomic mass is 10.1. The van der Waals surface area contributed by atoms with E-state index in [1.807, 2.05) is 18.2 Å². The molecular weight excluding hydrogens is 278 g/mol. The summed E-state index contributed by atoms with van der Waals surface area (Å²) >= 11 is 3.44. The van der Waals surface area contributed by atoms with Gasteiger partial charge in [-0.1, -0.05) is 15.9 Å². The van der Waals surface area contributed by atoms with Crippen molar-refractivity contribution >= 4 is 21.6 Å². The Balaban J connectivity index is 2.11. The molecule has 0 aromatic heterocycles. The molecule has 90 valence electrons. The van der Waals surface area contributed by atoms with Crippen LogP contribution in [0.15, 0.2) is 22.7 Å². The molecule has 0 radical (unpaired) electrons. The minimum Gasteiger partial charge on any atom is -0.381 e. The van der Waals surface area contributed by atoms with E-state index >= 15 is 0 Å². The van der Waals surface area contributed by atoms with Crippen molar-refractivity contribution in [3.63, 3.8) is 0 Å². The Bertz CT molecular complexity index is 417. The minimum absolute atomic E-state index is 0.464. The SMILES string of the molecule is N#Cc1ccc(Br)cc1NC1CCCNCC1. The van der Waals surface area contributed by atoms with Gasteiger partial charge in [0.1, 0.15) is 6.07 Å². The van der Waals surface area contributed by atoms with Crippen LogP contribution in [0.2, 0.25) is 0 Å². The average Bonchev–Trinajstić information content (AvgIpc) is 2.58. The van der Waals surface area contributed by atoms with Gasteiger partial charge in [0.15, 0.2) is 0 Å². The Morgan fingerprint density at radius 3 is 3.06 bits per heavy atom. The number of nitriles is 1. The number of rotatable bonds is 2. The highest BCUT2D eigenvalue weighted by Crippen LogP contribution is 2.23. The third kappa shape index (κ3) is 3.45. The fraction of sp³-hybridized carbons (Fsp3) is 0.462. The number of hydrogen-bond donors (Lipinski definition) is 2. The summed E-state index contributed by atoms with van der Waals surface area (Å²) in [5.41, 5.74) is 1.65. The average molecular weight is 294 g/mol. The molecule has 1 aromatic rings. The largest absolute Gasteiger partial charge is 0.381 e. The van der Waals surface area contributed by atoms with Crippen LogP contribution in [0.25, 0.3) is 0 Å². The lowest BCUT2D eigenvalue weighted by Gasteiger charge is -2.18. The van der Waals surface area contributed by atoms with Gasteiger partial charge in [-0.2, -0.15) is 5.26 Å². The topological polar surface area (TPSA) is 47.9 Å². The Labute approximate surface area is 110 Å². The van der Waals surface area contributed by atoms with Gasteiger partial charge in [-0.3, -0.25) is 0 Å². The number of hydrogen-bond acceptors (Lipinski definition) is 3. The minimum atomic E-state index is 0.464. The molecule has 1 fully saturated rings. The van der Waals surface area contributed by atoms with Crippen LogP contribution in [0, 0.1) is 11.3 Å². The van der Waals surface area contributed by atoms with Crippen LogP contribution in [0.1, 0.15) is 24.8 Å². The predicted molar refractivity (Wildman–Crippen MR) is 73.0 cm³/mol. The summed E-state index contributed by atoms with van der Waals surface area (Å²) in [6, 6.07) is 8.43. The molecule has 2 rings (SSSR count). The molecule has 1 aliphatic rings. The van der Waals surface area contributed by atoms with E-state index in [1.165, 1.54) is 6.42 Å². The number of anilines is 1. The maximum absolute atomic E-state index is 9.08. The van der Waals surface area contributed by atoms with Crippen LogP contribution in [0.3, 0.4) is 0 Å². The highest BCUT2D eigenvalue weighted by molar-refractivity contribution is 9.10. The van der Waals surface area contributed by atoms with Gasteiger partial charge >= 0.3 is 0 Å². The molecule has 3 nitrogen and oxygen atoms in total. The summed E-state index contributed by atoms with van der Waals surface area (Å²) in [7, 11) is 0. The molecule has 1 saturated heterocycles. The zero-order chi connectivity index (χ0) is 12.1. The highest BCUT2D eigenvalue weighted by Gasteiger charge is 2.13. The molecule has 0 amide bonds. The van der Waals surface area contributed by atoms with Gasteiger partial charge in [0.25, 0.3) is 0 Å². The molecule has 0 aliphatic carbocycles. The molecule has 1 heterocycles. The normalized spacial score (nSPS) is 20.4. The van der Waals surface area contributed by atoms with E-state index in [2.05, 4.69) is 32.6 Å². The van der Waals surface area contributed by atoms with Crippen LogP contribution in [-0.2, 0) is 0 Å². The second kappa shape index (κ2) is 6.04. The molecule has 1 unspecified atom stereocenters. The summed E-state index contributed by atoms with van der Waals surface area (Å²) in [5.74, 6) is 0. The molecule has 0 bridgehead atoms. The van der Waals surface area contributed by atoms with E-state index < -0.39 is 0 Å². The van der Waals surface area contributed by atoms with Gasteiger partial charge in [-0.25, -0.2) is 0 Å². The number of halogens is 1. The molecule has 0 spiro atoms. The van der Waals surface area contributed by atoms with Crippen molar-refractivity contribution in [2.45, 2.75) is 25.3 Å². The molecule has 0 saturated carbocycles. The third-order valence-corrected chi connectivity index (χ3v) is 3.53. The van der Waals surface area contributed by atoms with Crippen LogP contribution in [-0.4, -0.2) is 19.1 Å². The quantitative estimate of drug-likeness (QED) is 0.881. The number of nitrogens with zero attached hydrogens (tertiary/aromatic N) is 1. The van der Waals surface area contributed by atoms with E-state index in [-0.39, 0.29) is 0 Å². The second-order valence-electron chi connectivity index (χ2n) is 4.32. The standard InChI is InChI=1S/C13H16BrN3/c14-11-4-3-10(9-15)13(8-11)17-12-2-1-6-16-7-5-12/h3-4,8,12,16-17H,1-2,5-7H2. The first-order valence-electron chi connectivity index (χ1n) is 5.96. The summed E-state index contributed by atoms with van der Waals surface area (Å²) in [6.07, 6.45) is 3.45. The van der Waals surface area contributed by atoms with E-state index in [0.29, 0.717) is 11.6 Å². The van der Waals surface area contributed by atoms with Gasteiger partial charge in [-0.05, 0) is 50.6 Å². The lowest BCUT2D eigenvalue weighted by molar-refractivity contribution is 0.637. The van der Waals surface area contributed by atoms with E-state index in [1.54, 1.807) is 0 Å². The Hall–Kier alpha value is -1.05. The van der Waals surface area contributed by atoms with Gasteiger partial charge in [0.05, 0.1) is 11.3 Å². The van der Waals surface area contributed by atoms with Crippen LogP contribution in [0.5, 0.6) is 0 Å². The van der Waals surface area contributed by atoms with Crippen LogP contribution >= 0.6 is 15.9 Å². The van der Waals surface area contributed by atoms with Crippen molar-refractivity contribution in [1.82, 2.24) is 5.32 Å². The summed E-state index contributed by atoms with van der Waals surface area (Å²) in [5, 5.41) is 16.0. The Morgan fingerprint density at radius 1 is 1.35 bits per heavy atom. The lowest BCUT2D eigenvalue weighted by Crippen LogP contribution is -2.21. The Morgan fingerprint density at radius 2 is 2.24 bits per heavy atom. The molecule has 17 heavy (non-hydrogen) atoms. The molecule has 1 atom stereocenters. The zero-order valence-corrected chi connectivity index (χ0v) is 11.3. The smallest absolute Gasteiger partial charge is 0.101 e. The monoisotopic (exact) mass is 293 g/mol. The first-order valence-corrected chi connectivity index (χ1v) is 6.76. The molecule has 1 aliphatic heterocycles.